The Labute approximate surface area is 157 Å². The molecule has 3 aromatic rings. The van der Waals surface area contributed by atoms with E-state index in [1.165, 1.54) is 35.2 Å². The number of non-ortho nitro benzene ring substituents is 1. The number of nitro benzene ring substituents is 1. The number of benzene rings is 2. The number of halogens is 1. The van der Waals surface area contributed by atoms with Crippen molar-refractivity contribution in [1.29, 1.82) is 0 Å². The molecule has 1 heterocycles. The predicted molar refractivity (Wildman–Crippen MR) is 104 cm³/mol. The molecule has 26 heavy (non-hydrogen) atoms. The topological polar surface area (TPSA) is 93.3 Å². The lowest BCUT2D eigenvalue weighted by molar-refractivity contribution is -0.384. The van der Waals surface area contributed by atoms with Crippen molar-refractivity contribution in [3.05, 3.63) is 84.2 Å². The van der Waals surface area contributed by atoms with Gasteiger partial charge in [-0.3, -0.25) is 25.0 Å². The minimum absolute atomic E-state index is 0.00477. The average Bonchev–Trinajstić information content (AvgIpc) is 2.87. The van der Waals surface area contributed by atoms with Crippen LogP contribution in [0, 0.1) is 24.0 Å². The third-order valence-electron chi connectivity index (χ3n) is 3.92. The van der Waals surface area contributed by atoms with Crippen LogP contribution in [0.25, 0.3) is 5.69 Å². The second-order valence-corrected chi connectivity index (χ2v) is 6.67. The lowest BCUT2D eigenvalue weighted by atomic mass is 10.2. The van der Waals surface area contributed by atoms with Gasteiger partial charge in [-0.15, -0.1) is 0 Å². The molecule has 0 saturated carbocycles. The monoisotopic (exact) mass is 414 g/mol. The molecule has 0 unspecified atom stereocenters. The largest absolute Gasteiger partial charge is 0.295 e. The smallest absolute Gasteiger partial charge is 0.280 e. The molecule has 7 nitrogen and oxygen atoms in total. The number of nitrogens with zero attached hydrogens (tertiary/aromatic N) is 3. The summed E-state index contributed by atoms with van der Waals surface area (Å²) in [4.78, 5) is 27.2. The molecule has 0 radical (unpaired) electrons. The molecule has 3 rings (SSSR count). The van der Waals surface area contributed by atoms with E-state index in [2.05, 4.69) is 26.0 Å². The Kier molecular flexibility index (Phi) is 4.85. The van der Waals surface area contributed by atoms with Gasteiger partial charge in [-0.05, 0) is 49.7 Å². The first-order chi connectivity index (χ1) is 12.4. The number of hydrogen-bond donors (Lipinski definition) is 1. The molecule has 132 valence electrons. The molecule has 2 aromatic carbocycles. The minimum atomic E-state index is -0.469. The van der Waals surface area contributed by atoms with Gasteiger partial charge in [0.1, 0.15) is 0 Å². The number of nitrogens with one attached hydrogen (secondary N) is 1. The molecule has 0 fully saturated rings. The summed E-state index contributed by atoms with van der Waals surface area (Å²) in [5, 5.41) is 13.7. The molecule has 0 aliphatic rings. The molecule has 0 atom stereocenters. The van der Waals surface area contributed by atoms with Crippen molar-refractivity contribution in [2.75, 3.05) is 0 Å². The highest BCUT2D eigenvalue weighted by Crippen LogP contribution is 2.19. The lowest BCUT2D eigenvalue weighted by Crippen LogP contribution is -2.18. The third kappa shape index (κ3) is 3.50. The van der Waals surface area contributed by atoms with Gasteiger partial charge in [0.25, 0.3) is 11.2 Å². The Bertz CT molecular complexity index is 1070. The van der Waals surface area contributed by atoms with Crippen molar-refractivity contribution < 1.29 is 4.92 Å². The molecule has 1 aromatic heterocycles. The van der Waals surface area contributed by atoms with Gasteiger partial charge in [0.2, 0.25) is 0 Å². The SMILES string of the molecule is Cc1cc(Br)ccc1-n1[nH]c(C)c(C=Nc2ccc([N+](=O)[O-])cc2)c1=O. The summed E-state index contributed by atoms with van der Waals surface area (Å²) in [7, 11) is 0. The van der Waals surface area contributed by atoms with Crippen molar-refractivity contribution in [3.63, 3.8) is 0 Å². The zero-order valence-electron chi connectivity index (χ0n) is 14.1. The maximum Gasteiger partial charge on any atom is 0.280 e. The van der Waals surface area contributed by atoms with E-state index in [1.807, 2.05) is 25.1 Å². The molecule has 0 spiro atoms. The van der Waals surface area contributed by atoms with Gasteiger partial charge in [0.15, 0.2) is 0 Å². The number of H-pyrrole nitrogens is 1. The number of hydrogen-bond acceptors (Lipinski definition) is 4. The molecule has 0 aliphatic carbocycles. The average molecular weight is 415 g/mol. The van der Waals surface area contributed by atoms with Crippen LogP contribution in [0.4, 0.5) is 11.4 Å². The summed E-state index contributed by atoms with van der Waals surface area (Å²) in [6, 6.07) is 11.5. The van der Waals surface area contributed by atoms with Gasteiger partial charge >= 0.3 is 0 Å². The first-order valence-corrected chi connectivity index (χ1v) is 8.53. The number of aromatic nitrogens is 2. The van der Waals surface area contributed by atoms with E-state index in [-0.39, 0.29) is 11.2 Å². The molecule has 0 aliphatic heterocycles. The van der Waals surface area contributed by atoms with Crippen molar-refractivity contribution in [3.8, 4) is 5.69 Å². The highest BCUT2D eigenvalue weighted by molar-refractivity contribution is 9.10. The van der Waals surface area contributed by atoms with Crippen molar-refractivity contribution >= 4 is 33.5 Å². The van der Waals surface area contributed by atoms with Crippen LogP contribution in [-0.2, 0) is 0 Å². The van der Waals surface area contributed by atoms with Gasteiger partial charge in [0.05, 0.1) is 21.9 Å². The normalized spacial score (nSPS) is 11.2. The first-order valence-electron chi connectivity index (χ1n) is 7.73. The molecular formula is C18H15BrN4O3. The van der Waals surface area contributed by atoms with E-state index in [0.717, 1.165) is 15.7 Å². The lowest BCUT2D eigenvalue weighted by Gasteiger charge is -2.06. The quantitative estimate of drug-likeness (QED) is 0.393. The summed E-state index contributed by atoms with van der Waals surface area (Å²) < 4.78 is 2.42. The fourth-order valence-corrected chi connectivity index (χ4v) is 3.03. The molecule has 8 heteroatoms. The highest BCUT2D eigenvalue weighted by Gasteiger charge is 2.12. The van der Waals surface area contributed by atoms with E-state index >= 15 is 0 Å². The van der Waals surface area contributed by atoms with Gasteiger partial charge in [0, 0.05) is 28.5 Å². The Hall–Kier alpha value is -3.00. The highest BCUT2D eigenvalue weighted by atomic mass is 79.9. The number of aliphatic imine (C=N–C) groups is 1. The molecule has 0 saturated heterocycles. The van der Waals surface area contributed by atoms with Crippen LogP contribution in [0.5, 0.6) is 0 Å². The zero-order chi connectivity index (χ0) is 18.8. The molecule has 1 N–H and O–H groups in total. The van der Waals surface area contributed by atoms with Crippen LogP contribution in [0.3, 0.4) is 0 Å². The molecule has 0 amide bonds. The second kappa shape index (κ2) is 7.09. The Morgan fingerprint density at radius 3 is 2.50 bits per heavy atom. The predicted octanol–water partition coefficient (Wildman–Crippen LogP) is 4.20. The summed E-state index contributed by atoms with van der Waals surface area (Å²) in [6.07, 6.45) is 1.47. The number of aromatic amines is 1. The number of aryl methyl sites for hydroxylation is 2. The third-order valence-corrected chi connectivity index (χ3v) is 4.41. The maximum absolute atomic E-state index is 12.7. The van der Waals surface area contributed by atoms with Gasteiger partial charge in [-0.2, -0.15) is 0 Å². The van der Waals surface area contributed by atoms with Crippen LogP contribution in [0.2, 0.25) is 0 Å². The number of nitro groups is 1. The van der Waals surface area contributed by atoms with Crippen molar-refractivity contribution in [2.24, 2.45) is 4.99 Å². The Morgan fingerprint density at radius 2 is 1.88 bits per heavy atom. The summed E-state index contributed by atoms with van der Waals surface area (Å²) >= 11 is 3.41. The maximum atomic E-state index is 12.7. The van der Waals surface area contributed by atoms with Gasteiger partial charge < -0.3 is 0 Å². The molecule has 0 bridgehead atoms. The summed E-state index contributed by atoms with van der Waals surface area (Å²) in [6.45, 7) is 3.72. The summed E-state index contributed by atoms with van der Waals surface area (Å²) in [5.41, 5.74) is 3.14. The van der Waals surface area contributed by atoms with Crippen LogP contribution >= 0.6 is 15.9 Å². The van der Waals surface area contributed by atoms with E-state index in [1.54, 1.807) is 6.92 Å². The second-order valence-electron chi connectivity index (χ2n) is 5.75. The van der Waals surface area contributed by atoms with Gasteiger partial charge in [-0.1, -0.05) is 15.9 Å². The van der Waals surface area contributed by atoms with E-state index in [4.69, 9.17) is 0 Å². The standard InChI is InChI=1S/C18H15BrN4O3/c1-11-9-13(19)3-8-17(11)22-18(24)16(12(2)21-22)10-20-14-4-6-15(7-5-14)23(25)26/h3-10,21H,1-2H3. The zero-order valence-corrected chi connectivity index (χ0v) is 15.6. The fraction of sp³-hybridized carbons (Fsp3) is 0.111. The van der Waals surface area contributed by atoms with E-state index in [0.29, 0.717) is 16.9 Å². The van der Waals surface area contributed by atoms with E-state index in [9.17, 15) is 14.9 Å². The Morgan fingerprint density at radius 1 is 1.19 bits per heavy atom. The first kappa shape index (κ1) is 17.8. The number of rotatable bonds is 4. The molecular weight excluding hydrogens is 400 g/mol. The van der Waals surface area contributed by atoms with Crippen LogP contribution < -0.4 is 5.56 Å². The van der Waals surface area contributed by atoms with Crippen molar-refractivity contribution in [2.45, 2.75) is 13.8 Å². The van der Waals surface area contributed by atoms with Crippen molar-refractivity contribution in [1.82, 2.24) is 9.78 Å². The van der Waals surface area contributed by atoms with Crippen LogP contribution in [0.1, 0.15) is 16.8 Å². The summed E-state index contributed by atoms with van der Waals surface area (Å²) in [5.74, 6) is 0. The minimum Gasteiger partial charge on any atom is -0.295 e. The van der Waals surface area contributed by atoms with Crippen LogP contribution in [0.15, 0.2) is 56.7 Å². The van der Waals surface area contributed by atoms with E-state index < -0.39 is 4.92 Å². The van der Waals surface area contributed by atoms with Gasteiger partial charge in [-0.25, -0.2) is 4.68 Å². The van der Waals surface area contributed by atoms with Crippen LogP contribution in [-0.4, -0.2) is 20.9 Å². The Balaban J connectivity index is 1.95. The fourth-order valence-electron chi connectivity index (χ4n) is 2.55.